The van der Waals surface area contributed by atoms with E-state index in [1.807, 2.05) is 0 Å². The van der Waals surface area contributed by atoms with Gasteiger partial charge in [0.2, 0.25) is 0 Å². The average molecular weight is 249 g/mol. The summed E-state index contributed by atoms with van der Waals surface area (Å²) in [6.45, 7) is 0.619. The van der Waals surface area contributed by atoms with Gasteiger partial charge in [0.25, 0.3) is 5.91 Å². The van der Waals surface area contributed by atoms with E-state index in [4.69, 9.17) is 5.73 Å². The first-order valence-corrected chi connectivity index (χ1v) is 6.33. The molecular formula is C13H19N3O2. The van der Waals surface area contributed by atoms with Crippen molar-refractivity contribution >= 4 is 5.91 Å². The summed E-state index contributed by atoms with van der Waals surface area (Å²) in [4.78, 5) is 15.6. The molecule has 1 aromatic heterocycles. The Kier molecular flexibility index (Phi) is 4.15. The zero-order valence-corrected chi connectivity index (χ0v) is 10.3. The molecule has 0 aromatic carbocycles. The van der Waals surface area contributed by atoms with Gasteiger partial charge in [-0.1, -0.05) is 6.42 Å². The lowest BCUT2D eigenvalue weighted by atomic mass is 9.86. The summed E-state index contributed by atoms with van der Waals surface area (Å²) in [5, 5.41) is 12.4. The van der Waals surface area contributed by atoms with Gasteiger partial charge in [0, 0.05) is 18.8 Å². The molecule has 98 valence electrons. The zero-order chi connectivity index (χ0) is 13.0. The van der Waals surface area contributed by atoms with Crippen molar-refractivity contribution in [1.29, 1.82) is 0 Å². The number of hydrogen-bond acceptors (Lipinski definition) is 4. The molecular weight excluding hydrogens is 230 g/mol. The summed E-state index contributed by atoms with van der Waals surface area (Å²) in [5.41, 5.74) is 6.17. The molecule has 1 amide bonds. The van der Waals surface area contributed by atoms with Gasteiger partial charge in [-0.3, -0.25) is 9.78 Å². The quantitative estimate of drug-likeness (QED) is 0.746. The van der Waals surface area contributed by atoms with Gasteiger partial charge in [0.05, 0.1) is 11.8 Å². The molecule has 2 rings (SSSR count). The minimum Gasteiger partial charge on any atom is -0.505 e. The van der Waals surface area contributed by atoms with Crippen molar-refractivity contribution < 1.29 is 9.90 Å². The van der Waals surface area contributed by atoms with Crippen LogP contribution in [0.4, 0.5) is 0 Å². The van der Waals surface area contributed by atoms with E-state index < -0.39 is 0 Å². The normalized spacial score (nSPS) is 23.6. The van der Waals surface area contributed by atoms with Gasteiger partial charge >= 0.3 is 0 Å². The maximum absolute atomic E-state index is 11.9. The Balaban J connectivity index is 1.87. The van der Waals surface area contributed by atoms with Gasteiger partial charge in [0.15, 0.2) is 0 Å². The van der Waals surface area contributed by atoms with Crippen molar-refractivity contribution in [2.45, 2.75) is 31.7 Å². The molecule has 5 heteroatoms. The first-order chi connectivity index (χ1) is 8.66. The summed E-state index contributed by atoms with van der Waals surface area (Å²) >= 11 is 0. The number of nitrogens with one attached hydrogen (secondary N) is 1. The van der Waals surface area contributed by atoms with Crippen molar-refractivity contribution in [3.63, 3.8) is 0 Å². The van der Waals surface area contributed by atoms with Crippen LogP contribution in [0.3, 0.4) is 0 Å². The summed E-state index contributed by atoms with van der Waals surface area (Å²) in [6, 6.07) is 1.77. The van der Waals surface area contributed by atoms with Gasteiger partial charge in [-0.05, 0) is 31.2 Å². The Bertz CT molecular complexity index is 422. The molecule has 0 radical (unpaired) electrons. The van der Waals surface area contributed by atoms with E-state index in [-0.39, 0.29) is 23.3 Å². The monoisotopic (exact) mass is 249 g/mol. The van der Waals surface area contributed by atoms with Crippen LogP contribution < -0.4 is 11.1 Å². The second kappa shape index (κ2) is 5.82. The molecule has 0 spiro atoms. The van der Waals surface area contributed by atoms with Gasteiger partial charge in [-0.15, -0.1) is 0 Å². The van der Waals surface area contributed by atoms with E-state index in [1.165, 1.54) is 18.5 Å². The number of nitrogens with two attached hydrogens (primary N) is 1. The lowest BCUT2D eigenvalue weighted by Crippen LogP contribution is -2.35. The van der Waals surface area contributed by atoms with Gasteiger partial charge in [-0.25, -0.2) is 0 Å². The molecule has 18 heavy (non-hydrogen) atoms. The third-order valence-corrected chi connectivity index (χ3v) is 3.42. The van der Waals surface area contributed by atoms with Crippen molar-refractivity contribution in [2.75, 3.05) is 6.54 Å². The van der Waals surface area contributed by atoms with E-state index in [2.05, 4.69) is 10.3 Å². The first-order valence-electron chi connectivity index (χ1n) is 6.33. The molecule has 1 aromatic rings. The smallest absolute Gasteiger partial charge is 0.255 e. The standard InChI is InChI=1S/C13H19N3O2/c14-10-3-1-2-9(6-10)7-16-13(18)11-4-5-15-8-12(11)17/h4-5,8-10,17H,1-3,6-7,14H2,(H,16,18). The van der Waals surface area contributed by atoms with E-state index >= 15 is 0 Å². The van der Waals surface area contributed by atoms with Crippen LogP contribution in [0.25, 0.3) is 0 Å². The van der Waals surface area contributed by atoms with E-state index in [9.17, 15) is 9.90 Å². The Morgan fingerprint density at radius 2 is 2.39 bits per heavy atom. The maximum atomic E-state index is 11.9. The molecule has 2 atom stereocenters. The van der Waals surface area contributed by atoms with Gasteiger partial charge < -0.3 is 16.2 Å². The molecule has 1 aliphatic carbocycles. The fourth-order valence-corrected chi connectivity index (χ4v) is 2.43. The summed E-state index contributed by atoms with van der Waals surface area (Å²) < 4.78 is 0. The van der Waals surface area contributed by atoms with Crippen molar-refractivity contribution in [1.82, 2.24) is 10.3 Å². The molecule has 0 bridgehead atoms. The van der Waals surface area contributed by atoms with E-state index in [0.29, 0.717) is 12.5 Å². The highest BCUT2D eigenvalue weighted by atomic mass is 16.3. The molecule has 0 aliphatic heterocycles. The Hall–Kier alpha value is -1.62. The fourth-order valence-electron chi connectivity index (χ4n) is 2.43. The summed E-state index contributed by atoms with van der Waals surface area (Å²) in [7, 11) is 0. The maximum Gasteiger partial charge on any atom is 0.255 e. The molecule has 1 aliphatic rings. The van der Waals surface area contributed by atoms with Crippen LogP contribution in [-0.2, 0) is 0 Å². The van der Waals surface area contributed by atoms with E-state index in [1.54, 1.807) is 0 Å². The van der Waals surface area contributed by atoms with Gasteiger partial charge in [0.1, 0.15) is 5.75 Å². The van der Waals surface area contributed by atoms with Crippen LogP contribution in [0.15, 0.2) is 18.5 Å². The van der Waals surface area contributed by atoms with Crippen LogP contribution in [0.5, 0.6) is 5.75 Å². The molecule has 2 unspecified atom stereocenters. The number of rotatable bonds is 3. The average Bonchev–Trinajstić information content (AvgIpc) is 2.37. The predicted octanol–water partition coefficient (Wildman–Crippen LogP) is 1.03. The minimum absolute atomic E-state index is 0.0876. The van der Waals surface area contributed by atoms with Gasteiger partial charge in [-0.2, -0.15) is 0 Å². The Morgan fingerprint density at radius 1 is 1.56 bits per heavy atom. The number of pyridine rings is 1. The zero-order valence-electron chi connectivity index (χ0n) is 10.3. The third kappa shape index (κ3) is 3.20. The lowest BCUT2D eigenvalue weighted by Gasteiger charge is -2.26. The third-order valence-electron chi connectivity index (χ3n) is 3.42. The molecule has 0 saturated heterocycles. The highest BCUT2D eigenvalue weighted by Gasteiger charge is 2.20. The molecule has 1 fully saturated rings. The number of carbonyl (C=O) groups excluding carboxylic acids is 1. The highest BCUT2D eigenvalue weighted by molar-refractivity contribution is 5.96. The lowest BCUT2D eigenvalue weighted by molar-refractivity contribution is 0.0939. The SMILES string of the molecule is NC1CCCC(CNC(=O)c2ccncc2O)C1. The fraction of sp³-hybridized carbons (Fsp3) is 0.538. The van der Waals surface area contributed by atoms with Crippen LogP contribution in [-0.4, -0.2) is 28.6 Å². The number of nitrogens with zero attached hydrogens (tertiary/aromatic N) is 1. The largest absolute Gasteiger partial charge is 0.505 e. The van der Waals surface area contributed by atoms with Crippen LogP contribution >= 0.6 is 0 Å². The van der Waals surface area contributed by atoms with Crippen molar-refractivity contribution in [3.05, 3.63) is 24.0 Å². The molecule has 1 saturated carbocycles. The number of amides is 1. The van der Waals surface area contributed by atoms with E-state index in [0.717, 1.165) is 25.7 Å². The first kappa shape index (κ1) is 12.8. The second-order valence-corrected chi connectivity index (χ2v) is 4.90. The number of aromatic hydroxyl groups is 1. The molecule has 1 heterocycles. The Labute approximate surface area is 106 Å². The van der Waals surface area contributed by atoms with Crippen molar-refractivity contribution in [2.24, 2.45) is 11.7 Å². The Morgan fingerprint density at radius 3 is 3.11 bits per heavy atom. The van der Waals surface area contributed by atoms with Crippen molar-refractivity contribution in [3.8, 4) is 5.75 Å². The number of aromatic nitrogens is 1. The number of hydrogen-bond donors (Lipinski definition) is 3. The number of carbonyl (C=O) groups is 1. The minimum atomic E-state index is -0.256. The van der Waals surface area contributed by atoms with Crippen LogP contribution in [0.1, 0.15) is 36.0 Å². The predicted molar refractivity (Wildman–Crippen MR) is 68.2 cm³/mol. The molecule has 4 N–H and O–H groups in total. The topological polar surface area (TPSA) is 88.2 Å². The summed E-state index contributed by atoms with van der Waals surface area (Å²) in [6.07, 6.45) is 7.04. The second-order valence-electron chi connectivity index (χ2n) is 4.90. The van der Waals surface area contributed by atoms with Crippen LogP contribution in [0.2, 0.25) is 0 Å². The molecule has 5 nitrogen and oxygen atoms in total. The summed E-state index contributed by atoms with van der Waals surface area (Å²) in [5.74, 6) is 0.103. The van der Waals surface area contributed by atoms with Crippen LogP contribution in [0, 0.1) is 5.92 Å². The highest BCUT2D eigenvalue weighted by Crippen LogP contribution is 2.22.